The van der Waals surface area contributed by atoms with Crippen LogP contribution in [-0.2, 0) is 7.05 Å². The summed E-state index contributed by atoms with van der Waals surface area (Å²) in [5.41, 5.74) is 1.83. The van der Waals surface area contributed by atoms with Gasteiger partial charge in [-0.25, -0.2) is 4.57 Å². The van der Waals surface area contributed by atoms with Crippen LogP contribution < -0.4 is 4.57 Å². The zero-order valence-electron chi connectivity index (χ0n) is 9.45. The summed E-state index contributed by atoms with van der Waals surface area (Å²) in [6.45, 7) is 3.62. The lowest BCUT2D eigenvalue weighted by Crippen LogP contribution is -2.32. The third kappa shape index (κ3) is 5.83. The van der Waals surface area contributed by atoms with Crippen molar-refractivity contribution in [1.29, 1.82) is 0 Å². The van der Waals surface area contributed by atoms with Crippen molar-refractivity contribution in [3.8, 4) is 0 Å². The summed E-state index contributed by atoms with van der Waals surface area (Å²) in [7, 11) is -4.13. The fourth-order valence-electron chi connectivity index (χ4n) is 1.07. The van der Waals surface area contributed by atoms with Crippen LogP contribution >= 0.6 is 0 Å². The molecular formula is C8H11BF4N2O2. The average Bonchev–Trinajstić information content (AvgIpc) is 2.11. The van der Waals surface area contributed by atoms with Crippen LogP contribution in [0.15, 0.2) is 12.3 Å². The van der Waals surface area contributed by atoms with Gasteiger partial charge in [0, 0.05) is 6.92 Å². The molecule has 0 saturated heterocycles. The summed E-state index contributed by atoms with van der Waals surface area (Å²) in [4.78, 5) is 10.1. The van der Waals surface area contributed by atoms with Crippen LogP contribution in [-0.4, -0.2) is 12.2 Å². The van der Waals surface area contributed by atoms with E-state index in [1.165, 1.54) is 6.07 Å². The average molecular weight is 254 g/mol. The largest absolute Gasteiger partial charge is 0.673 e. The zero-order valence-corrected chi connectivity index (χ0v) is 9.45. The van der Waals surface area contributed by atoms with E-state index in [4.69, 9.17) is 0 Å². The Morgan fingerprint density at radius 1 is 1.29 bits per heavy atom. The Bertz CT molecular complexity index is 417. The SMILES string of the molecule is Cc1c([N+](=O)[O-])cc[n+](C)c1C.F[B-](F)(F)F. The molecule has 0 aliphatic rings. The molecule has 96 valence electrons. The number of hydrogen-bond donors (Lipinski definition) is 0. The summed E-state index contributed by atoms with van der Waals surface area (Å²) in [6, 6.07) is 1.52. The fraction of sp³-hybridized carbons (Fsp3) is 0.375. The van der Waals surface area contributed by atoms with Crippen molar-refractivity contribution in [2.75, 3.05) is 0 Å². The summed E-state index contributed by atoms with van der Waals surface area (Å²) in [5.74, 6) is 0. The Morgan fingerprint density at radius 3 is 2.06 bits per heavy atom. The maximum atomic E-state index is 10.5. The van der Waals surface area contributed by atoms with Gasteiger partial charge in [0.15, 0.2) is 11.9 Å². The highest BCUT2D eigenvalue weighted by atomic mass is 19.5. The van der Waals surface area contributed by atoms with Gasteiger partial charge >= 0.3 is 7.25 Å². The van der Waals surface area contributed by atoms with Gasteiger partial charge in [-0.1, -0.05) is 0 Å². The van der Waals surface area contributed by atoms with Crippen LogP contribution in [0.25, 0.3) is 0 Å². The highest BCUT2D eigenvalue weighted by molar-refractivity contribution is 6.50. The van der Waals surface area contributed by atoms with Crippen molar-refractivity contribution >= 4 is 12.9 Å². The van der Waals surface area contributed by atoms with Crippen molar-refractivity contribution < 1.29 is 26.8 Å². The minimum atomic E-state index is -6.00. The summed E-state index contributed by atoms with van der Waals surface area (Å²) < 4.78 is 40.9. The number of nitrogens with zero attached hydrogens (tertiary/aromatic N) is 2. The molecule has 0 radical (unpaired) electrons. The second-order valence-electron chi connectivity index (χ2n) is 3.27. The summed E-state index contributed by atoms with van der Waals surface area (Å²) in [6.07, 6.45) is 1.69. The molecule has 0 aliphatic heterocycles. The van der Waals surface area contributed by atoms with Crippen molar-refractivity contribution in [3.05, 3.63) is 33.6 Å². The molecule has 0 saturated carbocycles. The topological polar surface area (TPSA) is 47.0 Å². The fourth-order valence-corrected chi connectivity index (χ4v) is 1.07. The summed E-state index contributed by atoms with van der Waals surface area (Å²) >= 11 is 0. The third-order valence-corrected chi connectivity index (χ3v) is 2.11. The Kier molecular flexibility index (Phi) is 5.05. The van der Waals surface area contributed by atoms with Gasteiger partial charge < -0.3 is 17.3 Å². The molecule has 0 atom stereocenters. The highest BCUT2D eigenvalue weighted by Gasteiger charge is 2.20. The first-order chi connectivity index (χ1) is 7.54. The summed E-state index contributed by atoms with van der Waals surface area (Å²) in [5, 5.41) is 10.5. The van der Waals surface area contributed by atoms with E-state index in [0.29, 0.717) is 0 Å². The van der Waals surface area contributed by atoms with E-state index in [9.17, 15) is 27.4 Å². The minimum absolute atomic E-state index is 0.186. The van der Waals surface area contributed by atoms with Crippen LogP contribution in [0.1, 0.15) is 11.3 Å². The Balaban J connectivity index is 0.000000437. The number of halogens is 4. The number of rotatable bonds is 1. The maximum Gasteiger partial charge on any atom is 0.673 e. The van der Waals surface area contributed by atoms with Gasteiger partial charge in [0.2, 0.25) is 0 Å². The Labute approximate surface area is 95.1 Å². The first kappa shape index (κ1) is 15.3. The first-order valence-corrected chi connectivity index (χ1v) is 4.51. The van der Waals surface area contributed by atoms with E-state index in [1.807, 2.05) is 18.5 Å². The van der Waals surface area contributed by atoms with Gasteiger partial charge in [0.05, 0.1) is 16.6 Å². The van der Waals surface area contributed by atoms with Crippen LogP contribution in [0.5, 0.6) is 0 Å². The number of aromatic nitrogens is 1. The highest BCUT2D eigenvalue weighted by Crippen LogP contribution is 2.16. The predicted octanol–water partition coefficient (Wildman–Crippen LogP) is 2.34. The second-order valence-corrected chi connectivity index (χ2v) is 3.27. The molecule has 9 heteroatoms. The van der Waals surface area contributed by atoms with Crippen molar-refractivity contribution in [3.63, 3.8) is 0 Å². The molecule has 0 aromatic carbocycles. The molecule has 1 aromatic rings. The van der Waals surface area contributed by atoms with Crippen LogP contribution in [0.2, 0.25) is 0 Å². The van der Waals surface area contributed by atoms with Crippen LogP contribution in [0.4, 0.5) is 23.0 Å². The smallest absolute Gasteiger partial charge is 0.418 e. The molecule has 17 heavy (non-hydrogen) atoms. The molecule has 0 N–H and O–H groups in total. The first-order valence-electron chi connectivity index (χ1n) is 4.51. The number of nitro groups is 1. The zero-order chi connectivity index (χ0) is 13.8. The maximum absolute atomic E-state index is 10.5. The molecule has 1 rings (SSSR count). The molecule has 1 aromatic heterocycles. The van der Waals surface area contributed by atoms with Gasteiger partial charge in [-0.3, -0.25) is 10.1 Å². The normalized spacial score (nSPS) is 10.5. The minimum Gasteiger partial charge on any atom is -0.418 e. The molecule has 1 heterocycles. The van der Waals surface area contributed by atoms with E-state index in [0.717, 1.165) is 11.3 Å². The predicted molar refractivity (Wildman–Crippen MR) is 53.9 cm³/mol. The van der Waals surface area contributed by atoms with Crippen molar-refractivity contribution in [2.45, 2.75) is 13.8 Å². The van der Waals surface area contributed by atoms with Gasteiger partial charge in [-0.05, 0) is 6.92 Å². The van der Waals surface area contributed by atoms with Gasteiger partial charge in [-0.15, -0.1) is 0 Å². The molecule has 0 bridgehead atoms. The van der Waals surface area contributed by atoms with Gasteiger partial charge in [0.25, 0.3) is 5.69 Å². The Hall–Kier alpha value is -1.67. The van der Waals surface area contributed by atoms with Gasteiger partial charge in [0.1, 0.15) is 7.05 Å². The molecule has 0 fully saturated rings. The standard InChI is InChI=1S/C8H11N2O2.BF4/c1-6-7(2)9(3)5-4-8(6)10(11)12;2-1(3,4)5/h4-5H,1-3H3;/q+1;-1. The van der Waals surface area contributed by atoms with Crippen LogP contribution in [0.3, 0.4) is 0 Å². The third-order valence-electron chi connectivity index (χ3n) is 2.11. The van der Waals surface area contributed by atoms with Gasteiger partial charge in [-0.2, -0.15) is 0 Å². The van der Waals surface area contributed by atoms with Crippen molar-refractivity contribution in [1.82, 2.24) is 0 Å². The van der Waals surface area contributed by atoms with E-state index < -0.39 is 7.25 Å². The second kappa shape index (κ2) is 5.60. The van der Waals surface area contributed by atoms with Crippen molar-refractivity contribution in [2.24, 2.45) is 7.05 Å². The quantitative estimate of drug-likeness (QED) is 0.254. The monoisotopic (exact) mass is 254 g/mol. The number of pyridine rings is 1. The lowest BCUT2D eigenvalue weighted by atomic mass is 10.2. The van der Waals surface area contributed by atoms with E-state index in [2.05, 4.69) is 0 Å². The Morgan fingerprint density at radius 2 is 1.71 bits per heavy atom. The molecule has 0 unspecified atom stereocenters. The molecular weight excluding hydrogens is 243 g/mol. The molecule has 0 spiro atoms. The number of hydrogen-bond acceptors (Lipinski definition) is 2. The van der Waals surface area contributed by atoms with Crippen LogP contribution in [0, 0.1) is 24.0 Å². The van der Waals surface area contributed by atoms with E-state index >= 15 is 0 Å². The number of aryl methyl sites for hydroxylation is 1. The molecule has 0 amide bonds. The lowest BCUT2D eigenvalue weighted by molar-refractivity contribution is -0.678. The molecule has 4 nitrogen and oxygen atoms in total. The molecule has 0 aliphatic carbocycles. The van der Waals surface area contributed by atoms with E-state index in [1.54, 1.807) is 13.1 Å². The lowest BCUT2D eigenvalue weighted by Gasteiger charge is -1.98. The van der Waals surface area contributed by atoms with E-state index in [-0.39, 0.29) is 10.6 Å².